The third-order valence-electron chi connectivity index (χ3n) is 3.29. The fourth-order valence-corrected chi connectivity index (χ4v) is 2.58. The molecule has 0 spiro atoms. The molecule has 0 saturated heterocycles. The first-order chi connectivity index (χ1) is 9.02. The van der Waals surface area contributed by atoms with Gasteiger partial charge >= 0.3 is 0 Å². The van der Waals surface area contributed by atoms with Gasteiger partial charge in [-0.25, -0.2) is 0 Å². The number of benzene rings is 1. The molecule has 100 valence electrons. The van der Waals surface area contributed by atoms with Crippen molar-refractivity contribution in [2.75, 3.05) is 0 Å². The van der Waals surface area contributed by atoms with Gasteiger partial charge in [-0.15, -0.1) is 0 Å². The van der Waals surface area contributed by atoms with Gasteiger partial charge in [0, 0.05) is 13.0 Å². The largest absolute Gasteiger partial charge is 0.292 e. The number of hydrogen-bond donors (Lipinski definition) is 0. The van der Waals surface area contributed by atoms with E-state index in [2.05, 4.69) is 47.0 Å². The molecule has 2 aromatic rings. The number of aromatic nitrogens is 2. The Morgan fingerprint density at radius 3 is 2.68 bits per heavy atom. The van der Waals surface area contributed by atoms with Gasteiger partial charge < -0.3 is 0 Å². The first-order valence-electron chi connectivity index (χ1n) is 6.33. The zero-order valence-electron chi connectivity index (χ0n) is 11.4. The zero-order valence-corrected chi connectivity index (χ0v) is 13.0. The van der Waals surface area contributed by atoms with Crippen LogP contribution in [0.4, 0.5) is 0 Å². The molecule has 0 N–H and O–H groups in total. The van der Waals surface area contributed by atoms with E-state index in [0.717, 1.165) is 10.0 Å². The maximum Gasteiger partial charge on any atom is 0.186 e. The van der Waals surface area contributed by atoms with Crippen molar-refractivity contribution in [3.05, 3.63) is 51.3 Å². The lowest BCUT2D eigenvalue weighted by molar-refractivity contribution is 0.0982. The molecule has 0 atom stereocenters. The molecule has 0 amide bonds. The van der Waals surface area contributed by atoms with Gasteiger partial charge in [-0.2, -0.15) is 5.10 Å². The summed E-state index contributed by atoms with van der Waals surface area (Å²) in [5.41, 5.74) is 4.16. The molecular formula is C15H17BrN2O. The minimum Gasteiger partial charge on any atom is -0.292 e. The van der Waals surface area contributed by atoms with Crippen molar-refractivity contribution in [1.82, 2.24) is 9.78 Å². The molecule has 1 heterocycles. The molecule has 0 fully saturated rings. The van der Waals surface area contributed by atoms with Crippen LogP contribution in [0.5, 0.6) is 0 Å². The molecule has 1 aromatic carbocycles. The predicted molar refractivity (Wildman–Crippen MR) is 79.6 cm³/mol. The van der Waals surface area contributed by atoms with Crippen molar-refractivity contribution in [3.8, 4) is 0 Å². The molecule has 0 saturated carbocycles. The van der Waals surface area contributed by atoms with Crippen LogP contribution in [-0.2, 0) is 13.0 Å². The Morgan fingerprint density at radius 2 is 2.05 bits per heavy atom. The van der Waals surface area contributed by atoms with Gasteiger partial charge in [0.15, 0.2) is 5.78 Å². The third-order valence-corrected chi connectivity index (χ3v) is 3.87. The second-order valence-corrected chi connectivity index (χ2v) is 5.53. The summed E-state index contributed by atoms with van der Waals surface area (Å²) in [6, 6.07) is 6.15. The number of carbonyl (C=O) groups is 1. The van der Waals surface area contributed by atoms with E-state index in [1.54, 1.807) is 10.9 Å². The molecule has 3 nitrogen and oxygen atoms in total. The molecule has 0 unspecified atom stereocenters. The standard InChI is InChI=1S/C15H17BrN2O/c1-4-18-15(13(16)9-17-18)14(19)8-12-6-5-10(2)11(3)7-12/h5-7,9H,4,8H2,1-3H3. The van der Waals surface area contributed by atoms with Crippen molar-refractivity contribution in [2.45, 2.75) is 33.7 Å². The molecule has 4 heteroatoms. The lowest BCUT2D eigenvalue weighted by Crippen LogP contribution is -2.12. The Kier molecular flexibility index (Phi) is 4.20. The monoisotopic (exact) mass is 320 g/mol. The second kappa shape index (κ2) is 5.70. The number of rotatable bonds is 4. The lowest BCUT2D eigenvalue weighted by atomic mass is 10.0. The average molecular weight is 321 g/mol. The maximum absolute atomic E-state index is 12.4. The Morgan fingerprint density at radius 1 is 1.32 bits per heavy atom. The molecule has 0 aliphatic rings. The van der Waals surface area contributed by atoms with Crippen LogP contribution in [0.15, 0.2) is 28.9 Å². The van der Waals surface area contributed by atoms with Gasteiger partial charge in [0.25, 0.3) is 0 Å². The Bertz CT molecular complexity index is 617. The van der Waals surface area contributed by atoms with Crippen LogP contribution in [0.3, 0.4) is 0 Å². The smallest absolute Gasteiger partial charge is 0.186 e. The zero-order chi connectivity index (χ0) is 14.0. The van der Waals surface area contributed by atoms with E-state index in [9.17, 15) is 4.79 Å². The van der Waals surface area contributed by atoms with E-state index in [-0.39, 0.29) is 5.78 Å². The van der Waals surface area contributed by atoms with Gasteiger partial charge in [0.05, 0.1) is 10.7 Å². The lowest BCUT2D eigenvalue weighted by Gasteiger charge is -2.07. The first kappa shape index (κ1) is 14.0. The Labute approximate surface area is 121 Å². The number of hydrogen-bond acceptors (Lipinski definition) is 2. The minimum absolute atomic E-state index is 0.0921. The van der Waals surface area contributed by atoms with E-state index < -0.39 is 0 Å². The van der Waals surface area contributed by atoms with E-state index in [1.165, 1.54) is 11.1 Å². The van der Waals surface area contributed by atoms with Crippen molar-refractivity contribution < 1.29 is 4.79 Å². The number of Topliss-reactive ketones (excluding diaryl/α,β-unsaturated/α-hetero) is 1. The second-order valence-electron chi connectivity index (χ2n) is 4.68. The van der Waals surface area contributed by atoms with Gasteiger partial charge in [0.1, 0.15) is 5.69 Å². The van der Waals surface area contributed by atoms with Crippen molar-refractivity contribution in [2.24, 2.45) is 0 Å². The van der Waals surface area contributed by atoms with Crippen molar-refractivity contribution >= 4 is 21.7 Å². The highest BCUT2D eigenvalue weighted by Crippen LogP contribution is 2.19. The molecular weight excluding hydrogens is 304 g/mol. The van der Waals surface area contributed by atoms with Crippen LogP contribution in [0.25, 0.3) is 0 Å². The summed E-state index contributed by atoms with van der Waals surface area (Å²) in [6.07, 6.45) is 2.09. The topological polar surface area (TPSA) is 34.9 Å². The van der Waals surface area contributed by atoms with Crippen LogP contribution >= 0.6 is 15.9 Å². The van der Waals surface area contributed by atoms with E-state index >= 15 is 0 Å². The van der Waals surface area contributed by atoms with Gasteiger partial charge in [-0.3, -0.25) is 9.48 Å². The SMILES string of the molecule is CCn1ncc(Br)c1C(=O)Cc1ccc(C)c(C)c1. The fourth-order valence-electron chi connectivity index (χ4n) is 2.06. The van der Waals surface area contributed by atoms with Gasteiger partial charge in [0.2, 0.25) is 0 Å². The molecule has 0 radical (unpaired) electrons. The number of aryl methyl sites for hydroxylation is 3. The highest BCUT2D eigenvalue weighted by molar-refractivity contribution is 9.10. The summed E-state index contributed by atoms with van der Waals surface area (Å²) in [5.74, 6) is 0.0921. The van der Waals surface area contributed by atoms with Crippen molar-refractivity contribution in [1.29, 1.82) is 0 Å². The van der Waals surface area contributed by atoms with Crippen LogP contribution < -0.4 is 0 Å². The molecule has 1 aromatic heterocycles. The summed E-state index contributed by atoms with van der Waals surface area (Å²) in [6.45, 7) is 6.81. The third kappa shape index (κ3) is 2.95. The van der Waals surface area contributed by atoms with Crippen molar-refractivity contribution in [3.63, 3.8) is 0 Å². The fraction of sp³-hybridized carbons (Fsp3) is 0.333. The van der Waals surface area contributed by atoms with E-state index in [1.807, 2.05) is 13.0 Å². The first-order valence-corrected chi connectivity index (χ1v) is 7.13. The number of halogens is 1. The van der Waals surface area contributed by atoms with Gasteiger partial charge in [-0.05, 0) is 53.4 Å². The normalized spacial score (nSPS) is 10.7. The van der Waals surface area contributed by atoms with Crippen LogP contribution in [-0.4, -0.2) is 15.6 Å². The van der Waals surface area contributed by atoms with Crippen LogP contribution in [0, 0.1) is 13.8 Å². The summed E-state index contributed by atoms with van der Waals surface area (Å²) in [4.78, 5) is 12.4. The number of ketones is 1. The van der Waals surface area contributed by atoms with Gasteiger partial charge in [-0.1, -0.05) is 18.2 Å². The Balaban J connectivity index is 2.25. The molecule has 0 aliphatic heterocycles. The number of carbonyl (C=O) groups excluding carboxylic acids is 1. The van der Waals surface area contributed by atoms with E-state index in [4.69, 9.17) is 0 Å². The molecule has 2 rings (SSSR count). The predicted octanol–water partition coefficient (Wildman–Crippen LogP) is 3.71. The summed E-state index contributed by atoms with van der Waals surface area (Å²) in [5, 5.41) is 4.18. The quantitative estimate of drug-likeness (QED) is 0.805. The summed E-state index contributed by atoms with van der Waals surface area (Å²) >= 11 is 3.39. The highest BCUT2D eigenvalue weighted by Gasteiger charge is 2.16. The summed E-state index contributed by atoms with van der Waals surface area (Å²) < 4.78 is 2.50. The molecule has 19 heavy (non-hydrogen) atoms. The minimum atomic E-state index is 0.0921. The van der Waals surface area contributed by atoms with E-state index in [0.29, 0.717) is 18.7 Å². The Hall–Kier alpha value is -1.42. The molecule has 0 aliphatic carbocycles. The summed E-state index contributed by atoms with van der Waals surface area (Å²) in [7, 11) is 0. The van der Waals surface area contributed by atoms with Crippen LogP contribution in [0.1, 0.15) is 34.1 Å². The highest BCUT2D eigenvalue weighted by atomic mass is 79.9. The number of nitrogens with zero attached hydrogens (tertiary/aromatic N) is 2. The molecule has 0 bridgehead atoms. The average Bonchev–Trinajstić information content (AvgIpc) is 2.75. The maximum atomic E-state index is 12.4. The van der Waals surface area contributed by atoms with Crippen LogP contribution in [0.2, 0.25) is 0 Å².